The van der Waals surface area contributed by atoms with Gasteiger partial charge in [-0.05, 0) is 30.9 Å². The Bertz CT molecular complexity index is 386. The predicted octanol–water partition coefficient (Wildman–Crippen LogP) is 2.15. The summed E-state index contributed by atoms with van der Waals surface area (Å²) in [5.74, 6) is 1.38. The van der Waals surface area contributed by atoms with Crippen LogP contribution in [0.15, 0.2) is 24.3 Å². The maximum Gasteiger partial charge on any atom is 0.223 e. The van der Waals surface area contributed by atoms with E-state index in [-0.39, 0.29) is 11.8 Å². The Hall–Kier alpha value is -1.51. The number of ether oxygens (including phenoxy) is 1. The van der Waals surface area contributed by atoms with Gasteiger partial charge in [0.05, 0.1) is 6.54 Å². The molecule has 1 fully saturated rings. The van der Waals surface area contributed by atoms with E-state index in [0.717, 1.165) is 25.0 Å². The number of amides is 1. The summed E-state index contributed by atoms with van der Waals surface area (Å²) >= 11 is 0. The molecule has 1 aliphatic rings. The molecule has 0 atom stereocenters. The summed E-state index contributed by atoms with van der Waals surface area (Å²) < 4.78 is 5.66. The molecule has 2 rings (SSSR count). The molecular formula is C14H19NO2. The number of aryl methyl sites for hydroxylation is 1. The minimum atomic E-state index is 0.178. The predicted molar refractivity (Wildman–Crippen MR) is 67.0 cm³/mol. The van der Waals surface area contributed by atoms with Gasteiger partial charge in [-0.3, -0.25) is 4.79 Å². The molecule has 92 valence electrons. The van der Waals surface area contributed by atoms with Gasteiger partial charge in [0.25, 0.3) is 0 Å². The fraction of sp³-hybridized carbons (Fsp3) is 0.500. The molecule has 3 nitrogen and oxygen atoms in total. The molecule has 0 radical (unpaired) electrons. The zero-order chi connectivity index (χ0) is 12.1. The van der Waals surface area contributed by atoms with E-state index in [1.165, 1.54) is 5.56 Å². The molecule has 3 heteroatoms. The van der Waals surface area contributed by atoms with E-state index in [1.807, 2.05) is 18.2 Å². The first-order valence-electron chi connectivity index (χ1n) is 6.29. The van der Waals surface area contributed by atoms with Gasteiger partial charge in [-0.1, -0.05) is 25.1 Å². The lowest BCUT2D eigenvalue weighted by molar-refractivity contribution is -0.122. The van der Waals surface area contributed by atoms with Crippen molar-refractivity contribution >= 4 is 5.91 Å². The molecule has 0 heterocycles. The summed E-state index contributed by atoms with van der Waals surface area (Å²) in [6, 6.07) is 8.03. The van der Waals surface area contributed by atoms with E-state index in [2.05, 4.69) is 18.3 Å². The van der Waals surface area contributed by atoms with Gasteiger partial charge < -0.3 is 10.1 Å². The fourth-order valence-corrected chi connectivity index (χ4v) is 1.76. The number of benzene rings is 1. The molecular weight excluding hydrogens is 214 g/mol. The second kappa shape index (κ2) is 5.71. The van der Waals surface area contributed by atoms with E-state index in [9.17, 15) is 4.79 Å². The van der Waals surface area contributed by atoms with Crippen molar-refractivity contribution in [1.29, 1.82) is 0 Å². The zero-order valence-electron chi connectivity index (χ0n) is 10.2. The number of carbonyl (C=O) groups excluding carboxylic acids is 1. The van der Waals surface area contributed by atoms with Crippen molar-refractivity contribution in [2.24, 2.45) is 5.92 Å². The number of para-hydroxylation sites is 1. The van der Waals surface area contributed by atoms with Gasteiger partial charge in [-0.25, -0.2) is 0 Å². The lowest BCUT2D eigenvalue weighted by Crippen LogP contribution is -2.29. The summed E-state index contributed by atoms with van der Waals surface area (Å²) in [6.07, 6.45) is 3.06. The van der Waals surface area contributed by atoms with E-state index < -0.39 is 0 Å². The van der Waals surface area contributed by atoms with Crippen LogP contribution in [0.5, 0.6) is 5.75 Å². The first-order valence-corrected chi connectivity index (χ1v) is 6.29. The zero-order valence-corrected chi connectivity index (χ0v) is 10.2. The SMILES string of the molecule is CCc1ccccc1OCCNC(=O)C1CC1. The number of hydrogen-bond acceptors (Lipinski definition) is 2. The molecule has 17 heavy (non-hydrogen) atoms. The van der Waals surface area contributed by atoms with Crippen LogP contribution in [0.1, 0.15) is 25.3 Å². The highest BCUT2D eigenvalue weighted by Crippen LogP contribution is 2.28. The lowest BCUT2D eigenvalue weighted by Gasteiger charge is -2.10. The van der Waals surface area contributed by atoms with Crippen LogP contribution < -0.4 is 10.1 Å². The quantitative estimate of drug-likeness (QED) is 0.765. The highest BCUT2D eigenvalue weighted by atomic mass is 16.5. The van der Waals surface area contributed by atoms with E-state index in [1.54, 1.807) is 0 Å². The maximum atomic E-state index is 11.4. The average molecular weight is 233 g/mol. The Labute approximate surface area is 102 Å². The van der Waals surface area contributed by atoms with Crippen LogP contribution >= 0.6 is 0 Å². The molecule has 0 spiro atoms. The number of carbonyl (C=O) groups is 1. The maximum absolute atomic E-state index is 11.4. The molecule has 1 aliphatic carbocycles. The Morgan fingerprint density at radius 1 is 1.41 bits per heavy atom. The smallest absolute Gasteiger partial charge is 0.223 e. The van der Waals surface area contributed by atoms with Crippen molar-refractivity contribution in [2.45, 2.75) is 26.2 Å². The largest absolute Gasteiger partial charge is 0.491 e. The van der Waals surface area contributed by atoms with Crippen molar-refractivity contribution in [1.82, 2.24) is 5.32 Å². The summed E-state index contributed by atoms with van der Waals surface area (Å²) in [6.45, 7) is 3.24. The minimum absolute atomic E-state index is 0.178. The molecule has 1 aromatic carbocycles. The molecule has 0 aliphatic heterocycles. The van der Waals surface area contributed by atoms with Gasteiger partial charge in [-0.2, -0.15) is 0 Å². The van der Waals surface area contributed by atoms with Crippen molar-refractivity contribution in [3.05, 3.63) is 29.8 Å². The highest BCUT2D eigenvalue weighted by molar-refractivity contribution is 5.80. The van der Waals surface area contributed by atoms with Crippen LogP contribution in [-0.4, -0.2) is 19.1 Å². The monoisotopic (exact) mass is 233 g/mol. The minimum Gasteiger partial charge on any atom is -0.491 e. The van der Waals surface area contributed by atoms with Crippen molar-refractivity contribution in [3.63, 3.8) is 0 Å². The molecule has 1 aromatic rings. The van der Waals surface area contributed by atoms with E-state index in [0.29, 0.717) is 13.2 Å². The van der Waals surface area contributed by atoms with Crippen LogP contribution in [0.4, 0.5) is 0 Å². The topological polar surface area (TPSA) is 38.3 Å². The summed E-state index contributed by atoms with van der Waals surface area (Å²) in [4.78, 5) is 11.4. The van der Waals surface area contributed by atoms with E-state index in [4.69, 9.17) is 4.74 Å². The van der Waals surface area contributed by atoms with Gasteiger partial charge in [-0.15, -0.1) is 0 Å². The van der Waals surface area contributed by atoms with Gasteiger partial charge in [0.2, 0.25) is 5.91 Å². The molecule has 0 saturated heterocycles. The first kappa shape index (κ1) is 12.0. The molecule has 0 aromatic heterocycles. The number of rotatable bonds is 6. The summed E-state index contributed by atoms with van der Waals surface area (Å²) in [5.41, 5.74) is 1.21. The first-order chi connectivity index (χ1) is 8.31. The normalized spacial score (nSPS) is 14.4. The second-order valence-corrected chi connectivity index (χ2v) is 4.38. The van der Waals surface area contributed by atoms with Crippen molar-refractivity contribution in [2.75, 3.05) is 13.2 Å². The van der Waals surface area contributed by atoms with Gasteiger partial charge in [0.15, 0.2) is 0 Å². The highest BCUT2D eigenvalue weighted by Gasteiger charge is 2.28. The van der Waals surface area contributed by atoms with E-state index >= 15 is 0 Å². The van der Waals surface area contributed by atoms with Gasteiger partial charge in [0.1, 0.15) is 12.4 Å². The number of nitrogens with one attached hydrogen (secondary N) is 1. The summed E-state index contributed by atoms with van der Waals surface area (Å²) in [5, 5.41) is 2.89. The third kappa shape index (κ3) is 3.48. The third-order valence-electron chi connectivity index (χ3n) is 2.96. The third-order valence-corrected chi connectivity index (χ3v) is 2.96. The van der Waals surface area contributed by atoms with Crippen molar-refractivity contribution in [3.8, 4) is 5.75 Å². The molecule has 0 unspecified atom stereocenters. The van der Waals surface area contributed by atoms with Crippen LogP contribution in [0.3, 0.4) is 0 Å². The molecule has 1 amide bonds. The fourth-order valence-electron chi connectivity index (χ4n) is 1.76. The van der Waals surface area contributed by atoms with Gasteiger partial charge >= 0.3 is 0 Å². The van der Waals surface area contributed by atoms with Crippen LogP contribution in [0, 0.1) is 5.92 Å². The Kier molecular flexibility index (Phi) is 4.02. The van der Waals surface area contributed by atoms with Crippen molar-refractivity contribution < 1.29 is 9.53 Å². The standard InChI is InChI=1S/C14H19NO2/c1-2-11-5-3-4-6-13(11)17-10-9-15-14(16)12-7-8-12/h3-6,12H,2,7-10H2,1H3,(H,15,16). The molecule has 1 N–H and O–H groups in total. The van der Waals surface area contributed by atoms with Crippen LogP contribution in [0.25, 0.3) is 0 Å². The number of hydrogen-bond donors (Lipinski definition) is 1. The Morgan fingerprint density at radius 3 is 2.88 bits per heavy atom. The average Bonchev–Trinajstić information content (AvgIpc) is 3.19. The Morgan fingerprint density at radius 2 is 2.18 bits per heavy atom. The van der Waals surface area contributed by atoms with Gasteiger partial charge in [0, 0.05) is 5.92 Å². The van der Waals surface area contributed by atoms with Crippen LogP contribution in [0.2, 0.25) is 0 Å². The van der Waals surface area contributed by atoms with Crippen LogP contribution in [-0.2, 0) is 11.2 Å². The second-order valence-electron chi connectivity index (χ2n) is 4.38. The molecule has 1 saturated carbocycles. The molecule has 0 bridgehead atoms. The summed E-state index contributed by atoms with van der Waals surface area (Å²) in [7, 11) is 0. The Balaban J connectivity index is 1.71. The lowest BCUT2D eigenvalue weighted by atomic mass is 10.1.